The van der Waals surface area contributed by atoms with Crippen LogP contribution in [0.4, 0.5) is 0 Å². The highest BCUT2D eigenvalue weighted by Crippen LogP contribution is 2.35. The standard InChI is InChI=1S/C14H25NO2/c1-11(8-12-2-3-12)15-13-4-6-17-14(9-13)5-7-16-10-14/h11-13,15H,2-10H2,1H3. The van der Waals surface area contributed by atoms with Crippen LogP contribution in [0.15, 0.2) is 0 Å². The molecular formula is C14H25NO2. The average Bonchev–Trinajstić information content (AvgIpc) is 2.99. The predicted molar refractivity (Wildman–Crippen MR) is 67.1 cm³/mol. The largest absolute Gasteiger partial charge is 0.378 e. The van der Waals surface area contributed by atoms with Gasteiger partial charge in [-0.05, 0) is 32.1 Å². The molecule has 0 aromatic heterocycles. The first-order valence-electron chi connectivity index (χ1n) is 7.24. The molecule has 17 heavy (non-hydrogen) atoms. The minimum atomic E-state index is 0.0508. The van der Waals surface area contributed by atoms with Gasteiger partial charge < -0.3 is 14.8 Å². The van der Waals surface area contributed by atoms with Crippen molar-refractivity contribution in [3.05, 3.63) is 0 Å². The fourth-order valence-corrected chi connectivity index (χ4v) is 3.36. The minimum absolute atomic E-state index is 0.0508. The molecule has 2 heterocycles. The maximum atomic E-state index is 5.97. The summed E-state index contributed by atoms with van der Waals surface area (Å²) in [6, 6.07) is 1.31. The number of hydrogen-bond acceptors (Lipinski definition) is 3. The van der Waals surface area contributed by atoms with Gasteiger partial charge in [0.2, 0.25) is 0 Å². The van der Waals surface area contributed by atoms with E-state index in [0.29, 0.717) is 12.1 Å². The zero-order valence-corrected chi connectivity index (χ0v) is 10.9. The van der Waals surface area contributed by atoms with Gasteiger partial charge in [-0.1, -0.05) is 12.8 Å². The highest BCUT2D eigenvalue weighted by molar-refractivity contribution is 4.93. The van der Waals surface area contributed by atoms with E-state index in [9.17, 15) is 0 Å². The lowest BCUT2D eigenvalue weighted by atomic mass is 9.89. The zero-order valence-electron chi connectivity index (χ0n) is 10.9. The Kier molecular flexibility index (Phi) is 3.42. The van der Waals surface area contributed by atoms with Crippen molar-refractivity contribution in [2.24, 2.45) is 5.92 Å². The normalized spacial score (nSPS) is 39.7. The van der Waals surface area contributed by atoms with Crippen molar-refractivity contribution in [2.75, 3.05) is 19.8 Å². The zero-order chi connectivity index (χ0) is 11.7. The van der Waals surface area contributed by atoms with Crippen LogP contribution in [0.3, 0.4) is 0 Å². The highest BCUT2D eigenvalue weighted by atomic mass is 16.6. The van der Waals surface area contributed by atoms with Crippen molar-refractivity contribution in [2.45, 2.75) is 63.1 Å². The Morgan fingerprint density at radius 3 is 2.88 bits per heavy atom. The molecule has 3 nitrogen and oxygen atoms in total. The first kappa shape index (κ1) is 11.9. The Labute approximate surface area is 104 Å². The number of nitrogens with one attached hydrogen (secondary N) is 1. The van der Waals surface area contributed by atoms with E-state index in [1.807, 2.05) is 0 Å². The smallest absolute Gasteiger partial charge is 0.0951 e. The Bertz CT molecular complexity index is 259. The molecule has 1 aliphatic carbocycles. The molecule has 2 saturated heterocycles. The van der Waals surface area contributed by atoms with E-state index in [1.165, 1.54) is 19.3 Å². The van der Waals surface area contributed by atoms with E-state index in [1.54, 1.807) is 0 Å². The lowest BCUT2D eigenvalue weighted by Gasteiger charge is -2.38. The maximum absolute atomic E-state index is 5.97. The summed E-state index contributed by atoms with van der Waals surface area (Å²) in [6.07, 6.45) is 7.66. The van der Waals surface area contributed by atoms with Crippen LogP contribution in [-0.4, -0.2) is 37.5 Å². The van der Waals surface area contributed by atoms with Crippen LogP contribution in [0.25, 0.3) is 0 Å². The molecule has 0 radical (unpaired) electrons. The molecule has 3 rings (SSSR count). The van der Waals surface area contributed by atoms with Gasteiger partial charge >= 0.3 is 0 Å². The molecule has 3 atom stereocenters. The third kappa shape index (κ3) is 3.01. The Morgan fingerprint density at radius 2 is 2.18 bits per heavy atom. The van der Waals surface area contributed by atoms with E-state index in [0.717, 1.165) is 45.0 Å². The van der Waals surface area contributed by atoms with E-state index in [-0.39, 0.29) is 5.60 Å². The van der Waals surface area contributed by atoms with Crippen molar-refractivity contribution in [1.29, 1.82) is 0 Å². The summed E-state index contributed by atoms with van der Waals surface area (Å²) >= 11 is 0. The first-order chi connectivity index (χ1) is 8.26. The molecule has 1 spiro atoms. The summed E-state index contributed by atoms with van der Waals surface area (Å²) in [5.41, 5.74) is 0.0508. The Hall–Kier alpha value is -0.120. The van der Waals surface area contributed by atoms with E-state index in [4.69, 9.17) is 9.47 Å². The minimum Gasteiger partial charge on any atom is -0.378 e. The van der Waals surface area contributed by atoms with Crippen LogP contribution in [0.2, 0.25) is 0 Å². The van der Waals surface area contributed by atoms with Crippen molar-refractivity contribution in [3.8, 4) is 0 Å². The van der Waals surface area contributed by atoms with Gasteiger partial charge in [-0.3, -0.25) is 0 Å². The van der Waals surface area contributed by atoms with Gasteiger partial charge in [0.1, 0.15) is 0 Å². The fraction of sp³-hybridized carbons (Fsp3) is 1.00. The van der Waals surface area contributed by atoms with Gasteiger partial charge in [-0.25, -0.2) is 0 Å². The summed E-state index contributed by atoms with van der Waals surface area (Å²) in [4.78, 5) is 0. The van der Waals surface area contributed by atoms with Gasteiger partial charge in [0.05, 0.1) is 12.2 Å². The summed E-state index contributed by atoms with van der Waals surface area (Å²) in [7, 11) is 0. The van der Waals surface area contributed by atoms with Gasteiger partial charge in [0, 0.05) is 31.7 Å². The second kappa shape index (κ2) is 4.87. The van der Waals surface area contributed by atoms with Gasteiger partial charge in [0.25, 0.3) is 0 Å². The highest BCUT2D eigenvalue weighted by Gasteiger charge is 2.41. The SMILES string of the molecule is CC(CC1CC1)NC1CCOC2(CCOC2)C1. The second-order valence-electron chi connectivity index (χ2n) is 6.27. The average molecular weight is 239 g/mol. The lowest BCUT2D eigenvalue weighted by Crippen LogP contribution is -2.49. The van der Waals surface area contributed by atoms with Crippen LogP contribution < -0.4 is 5.32 Å². The molecule has 3 aliphatic rings. The van der Waals surface area contributed by atoms with Gasteiger partial charge in [-0.2, -0.15) is 0 Å². The quantitative estimate of drug-likeness (QED) is 0.815. The van der Waals surface area contributed by atoms with Gasteiger partial charge in [0.15, 0.2) is 0 Å². The second-order valence-corrected chi connectivity index (χ2v) is 6.27. The number of hydrogen-bond donors (Lipinski definition) is 1. The molecule has 98 valence electrons. The van der Waals surface area contributed by atoms with Crippen LogP contribution >= 0.6 is 0 Å². The molecule has 2 aliphatic heterocycles. The third-order valence-electron chi connectivity index (χ3n) is 4.46. The summed E-state index contributed by atoms with van der Waals surface area (Å²) in [5, 5.41) is 3.81. The van der Waals surface area contributed by atoms with E-state index >= 15 is 0 Å². The molecule has 1 N–H and O–H groups in total. The molecule has 3 unspecified atom stereocenters. The third-order valence-corrected chi connectivity index (χ3v) is 4.46. The molecule has 0 amide bonds. The van der Waals surface area contributed by atoms with Crippen LogP contribution in [0, 0.1) is 5.92 Å². The van der Waals surface area contributed by atoms with Gasteiger partial charge in [-0.15, -0.1) is 0 Å². The van der Waals surface area contributed by atoms with Crippen molar-refractivity contribution >= 4 is 0 Å². The molecular weight excluding hydrogens is 214 g/mol. The maximum Gasteiger partial charge on any atom is 0.0951 e. The van der Waals surface area contributed by atoms with E-state index in [2.05, 4.69) is 12.2 Å². The number of ether oxygens (including phenoxy) is 2. The van der Waals surface area contributed by atoms with E-state index < -0.39 is 0 Å². The van der Waals surface area contributed by atoms with Crippen LogP contribution in [-0.2, 0) is 9.47 Å². The monoisotopic (exact) mass is 239 g/mol. The van der Waals surface area contributed by atoms with Crippen molar-refractivity contribution in [1.82, 2.24) is 5.32 Å². The summed E-state index contributed by atoms with van der Waals surface area (Å²) in [6.45, 7) is 4.93. The summed E-state index contributed by atoms with van der Waals surface area (Å²) < 4.78 is 11.5. The van der Waals surface area contributed by atoms with Crippen LogP contribution in [0.1, 0.15) is 45.4 Å². The topological polar surface area (TPSA) is 30.5 Å². The van der Waals surface area contributed by atoms with Crippen molar-refractivity contribution in [3.63, 3.8) is 0 Å². The molecule has 1 saturated carbocycles. The molecule has 0 bridgehead atoms. The molecule has 0 aromatic carbocycles. The van der Waals surface area contributed by atoms with Crippen LogP contribution in [0.5, 0.6) is 0 Å². The molecule has 0 aromatic rings. The molecule has 3 heteroatoms. The number of rotatable bonds is 4. The van der Waals surface area contributed by atoms with Crippen molar-refractivity contribution < 1.29 is 9.47 Å². The fourth-order valence-electron chi connectivity index (χ4n) is 3.36. The predicted octanol–water partition coefficient (Wildman–Crippen LogP) is 2.10. The summed E-state index contributed by atoms with van der Waals surface area (Å²) in [5.74, 6) is 1.01. The Balaban J connectivity index is 1.48. The first-order valence-corrected chi connectivity index (χ1v) is 7.24. The lowest BCUT2D eigenvalue weighted by molar-refractivity contribution is -0.0902. The molecule has 3 fully saturated rings. The Morgan fingerprint density at radius 1 is 1.29 bits per heavy atom.